The van der Waals surface area contributed by atoms with Gasteiger partial charge in [-0.3, -0.25) is 0 Å². The maximum absolute atomic E-state index is 8.70. The van der Waals surface area contributed by atoms with Gasteiger partial charge in [0.25, 0.3) is 0 Å². The molecule has 0 aliphatic carbocycles. The van der Waals surface area contributed by atoms with Gasteiger partial charge in [0.1, 0.15) is 0 Å². The van der Waals surface area contributed by atoms with Gasteiger partial charge in [0.2, 0.25) is 0 Å². The smallest absolute Gasteiger partial charge is 0.0661 e. The molecule has 0 aliphatic rings. The van der Waals surface area contributed by atoms with Crippen LogP contribution >= 0.6 is 11.8 Å². The van der Waals surface area contributed by atoms with Crippen LogP contribution in [0.5, 0.6) is 0 Å². The molecule has 1 aromatic carbocycles. The molecule has 0 radical (unpaired) electrons. The van der Waals surface area contributed by atoms with Crippen LogP contribution in [-0.2, 0) is 4.74 Å². The van der Waals surface area contributed by atoms with Crippen molar-refractivity contribution in [1.29, 1.82) is 0 Å². The second-order valence-electron chi connectivity index (χ2n) is 3.95. The largest absolute Gasteiger partial charge is 0.396 e. The van der Waals surface area contributed by atoms with Crippen molar-refractivity contribution in [2.45, 2.75) is 24.3 Å². The van der Waals surface area contributed by atoms with Crippen molar-refractivity contribution in [2.24, 2.45) is 0 Å². The maximum atomic E-state index is 8.70. The third-order valence-electron chi connectivity index (χ3n) is 2.26. The first-order valence-electron chi connectivity index (χ1n) is 5.85. The Labute approximate surface area is 108 Å². The Kier molecular flexibility index (Phi) is 7.08. The highest BCUT2D eigenvalue weighted by atomic mass is 32.2. The summed E-state index contributed by atoms with van der Waals surface area (Å²) >= 11 is 1.77. The maximum Gasteiger partial charge on any atom is 0.0661 e. The van der Waals surface area contributed by atoms with Crippen molar-refractivity contribution in [3.05, 3.63) is 24.3 Å². The minimum atomic E-state index is 0.265. The standard InChI is InChI=1S/C13H21NO2S/c1-11(10-16-2)14-12-4-6-13(7-5-12)17-9-3-8-15/h4-7,11,14-15H,3,8-10H2,1-2H3. The molecular weight excluding hydrogens is 234 g/mol. The number of anilines is 1. The molecule has 0 aromatic heterocycles. The van der Waals surface area contributed by atoms with E-state index in [1.54, 1.807) is 18.9 Å². The molecule has 1 aromatic rings. The lowest BCUT2D eigenvalue weighted by Gasteiger charge is -2.14. The van der Waals surface area contributed by atoms with Gasteiger partial charge in [-0.15, -0.1) is 11.8 Å². The fourth-order valence-corrected chi connectivity index (χ4v) is 2.32. The first-order chi connectivity index (χ1) is 8.26. The number of ether oxygens (including phenoxy) is 1. The van der Waals surface area contributed by atoms with Gasteiger partial charge in [0.15, 0.2) is 0 Å². The monoisotopic (exact) mass is 255 g/mol. The molecule has 0 bridgehead atoms. The molecule has 0 spiro atoms. The average Bonchev–Trinajstić information content (AvgIpc) is 2.32. The first kappa shape index (κ1) is 14.4. The lowest BCUT2D eigenvalue weighted by Crippen LogP contribution is -2.20. The minimum Gasteiger partial charge on any atom is -0.396 e. The highest BCUT2D eigenvalue weighted by Crippen LogP contribution is 2.21. The predicted molar refractivity (Wildman–Crippen MR) is 73.8 cm³/mol. The lowest BCUT2D eigenvalue weighted by molar-refractivity contribution is 0.190. The van der Waals surface area contributed by atoms with Crippen LogP contribution < -0.4 is 5.32 Å². The van der Waals surface area contributed by atoms with Gasteiger partial charge < -0.3 is 15.2 Å². The van der Waals surface area contributed by atoms with Gasteiger partial charge in [-0.05, 0) is 37.6 Å². The van der Waals surface area contributed by atoms with Crippen LogP contribution in [-0.4, -0.2) is 37.2 Å². The Bertz CT molecular complexity index is 303. The average molecular weight is 255 g/mol. The second kappa shape index (κ2) is 8.39. The Balaban J connectivity index is 2.39. The summed E-state index contributed by atoms with van der Waals surface area (Å²) in [6.07, 6.45) is 0.843. The molecule has 3 nitrogen and oxygen atoms in total. The van der Waals surface area contributed by atoms with E-state index in [2.05, 4.69) is 36.5 Å². The normalized spacial score (nSPS) is 12.4. The molecule has 0 amide bonds. The van der Waals surface area contributed by atoms with Crippen molar-refractivity contribution in [2.75, 3.05) is 31.4 Å². The number of rotatable bonds is 8. The molecule has 17 heavy (non-hydrogen) atoms. The number of aliphatic hydroxyl groups is 1. The number of methoxy groups -OCH3 is 1. The van der Waals surface area contributed by atoms with Crippen LogP contribution in [0.15, 0.2) is 29.2 Å². The van der Waals surface area contributed by atoms with Gasteiger partial charge in [-0.1, -0.05) is 0 Å². The van der Waals surface area contributed by atoms with Crippen molar-refractivity contribution in [1.82, 2.24) is 0 Å². The van der Waals surface area contributed by atoms with Gasteiger partial charge in [-0.25, -0.2) is 0 Å². The van der Waals surface area contributed by atoms with E-state index in [-0.39, 0.29) is 6.61 Å². The Hall–Kier alpha value is -0.710. The SMILES string of the molecule is COCC(C)Nc1ccc(SCCCO)cc1. The molecule has 0 saturated heterocycles. The number of benzene rings is 1. The zero-order valence-electron chi connectivity index (χ0n) is 10.5. The zero-order valence-corrected chi connectivity index (χ0v) is 11.3. The number of hydrogen-bond acceptors (Lipinski definition) is 4. The van der Waals surface area contributed by atoms with E-state index in [9.17, 15) is 0 Å². The van der Waals surface area contributed by atoms with Crippen molar-refractivity contribution < 1.29 is 9.84 Å². The van der Waals surface area contributed by atoms with Crippen LogP contribution in [0.2, 0.25) is 0 Å². The number of nitrogens with one attached hydrogen (secondary N) is 1. The fraction of sp³-hybridized carbons (Fsp3) is 0.538. The molecule has 4 heteroatoms. The van der Waals surface area contributed by atoms with Crippen molar-refractivity contribution in [3.8, 4) is 0 Å². The molecule has 96 valence electrons. The first-order valence-corrected chi connectivity index (χ1v) is 6.84. The molecular formula is C13H21NO2S. The number of hydrogen-bond donors (Lipinski definition) is 2. The Morgan fingerprint density at radius 3 is 2.65 bits per heavy atom. The summed E-state index contributed by atoms with van der Waals surface area (Å²) in [5.41, 5.74) is 1.11. The van der Waals surface area contributed by atoms with Crippen LogP contribution in [0, 0.1) is 0 Å². The highest BCUT2D eigenvalue weighted by Gasteiger charge is 2.01. The van der Waals surface area contributed by atoms with E-state index >= 15 is 0 Å². The van der Waals surface area contributed by atoms with Crippen LogP contribution in [0.3, 0.4) is 0 Å². The van der Waals surface area contributed by atoms with Gasteiger partial charge >= 0.3 is 0 Å². The molecule has 0 aliphatic heterocycles. The summed E-state index contributed by atoms with van der Waals surface area (Å²) in [6, 6.07) is 8.67. The summed E-state index contributed by atoms with van der Waals surface area (Å²) in [5.74, 6) is 0.962. The molecule has 0 fully saturated rings. The van der Waals surface area contributed by atoms with Crippen LogP contribution in [0.4, 0.5) is 5.69 Å². The molecule has 0 saturated carbocycles. The third-order valence-corrected chi connectivity index (χ3v) is 3.35. The molecule has 0 heterocycles. The van der Waals surface area contributed by atoms with E-state index in [1.807, 2.05) is 0 Å². The fourth-order valence-electron chi connectivity index (χ4n) is 1.48. The molecule has 2 N–H and O–H groups in total. The van der Waals surface area contributed by atoms with Crippen molar-refractivity contribution in [3.63, 3.8) is 0 Å². The number of aliphatic hydroxyl groups excluding tert-OH is 1. The van der Waals surface area contributed by atoms with E-state index in [1.165, 1.54) is 4.90 Å². The van der Waals surface area contributed by atoms with E-state index in [0.29, 0.717) is 12.6 Å². The second-order valence-corrected chi connectivity index (χ2v) is 5.12. The minimum absolute atomic E-state index is 0.265. The highest BCUT2D eigenvalue weighted by molar-refractivity contribution is 7.99. The summed E-state index contributed by atoms with van der Waals surface area (Å²) in [6.45, 7) is 3.06. The Morgan fingerprint density at radius 1 is 1.35 bits per heavy atom. The Morgan fingerprint density at radius 2 is 2.06 bits per heavy atom. The van der Waals surface area contributed by atoms with Gasteiger partial charge in [0.05, 0.1) is 6.61 Å². The third kappa shape index (κ3) is 5.96. The summed E-state index contributed by atoms with van der Waals surface area (Å²) in [4.78, 5) is 1.24. The quantitative estimate of drug-likeness (QED) is 0.553. The molecule has 1 unspecified atom stereocenters. The van der Waals surface area contributed by atoms with E-state index in [0.717, 1.165) is 17.9 Å². The zero-order chi connectivity index (χ0) is 12.5. The summed E-state index contributed by atoms with van der Waals surface area (Å²) in [7, 11) is 1.71. The van der Waals surface area contributed by atoms with E-state index < -0.39 is 0 Å². The molecule has 1 rings (SSSR count). The van der Waals surface area contributed by atoms with Crippen LogP contribution in [0.1, 0.15) is 13.3 Å². The predicted octanol–water partition coefficient (Wildman–Crippen LogP) is 2.61. The molecule has 1 atom stereocenters. The topological polar surface area (TPSA) is 41.5 Å². The van der Waals surface area contributed by atoms with Gasteiger partial charge in [-0.2, -0.15) is 0 Å². The summed E-state index contributed by atoms with van der Waals surface area (Å²) in [5, 5.41) is 12.1. The van der Waals surface area contributed by atoms with Crippen molar-refractivity contribution >= 4 is 17.4 Å². The lowest BCUT2D eigenvalue weighted by atomic mass is 10.3. The van der Waals surface area contributed by atoms with E-state index in [4.69, 9.17) is 9.84 Å². The number of thioether (sulfide) groups is 1. The summed E-state index contributed by atoms with van der Waals surface area (Å²) < 4.78 is 5.07. The van der Waals surface area contributed by atoms with Gasteiger partial charge in [0, 0.05) is 36.1 Å². The van der Waals surface area contributed by atoms with Crippen LogP contribution in [0.25, 0.3) is 0 Å².